The molecule has 1 aromatic carbocycles. The van der Waals surface area contributed by atoms with Crippen LogP contribution in [0.3, 0.4) is 0 Å². The highest BCUT2D eigenvalue weighted by molar-refractivity contribution is 7.88. The molecule has 0 saturated carbocycles. The van der Waals surface area contributed by atoms with Gasteiger partial charge in [0.05, 0.1) is 18.5 Å². The quantitative estimate of drug-likeness (QED) is 0.699. The Morgan fingerprint density at radius 2 is 1.90 bits per heavy atom. The third kappa shape index (κ3) is 6.90. The molecule has 9 nitrogen and oxygen atoms in total. The fourth-order valence-corrected chi connectivity index (χ4v) is 3.91. The number of alkyl carbamates (subject to hydrolysis) is 1. The first kappa shape index (κ1) is 23.0. The number of hydrogen-bond acceptors (Lipinski definition) is 7. The van der Waals surface area contributed by atoms with Crippen LogP contribution in [0.25, 0.3) is 0 Å². The summed E-state index contributed by atoms with van der Waals surface area (Å²) in [4.78, 5) is 20.7. The van der Waals surface area contributed by atoms with Crippen molar-refractivity contribution in [3.8, 4) is 0 Å². The van der Waals surface area contributed by atoms with E-state index in [0.717, 1.165) is 22.5 Å². The largest absolute Gasteiger partial charge is 0.444 e. The van der Waals surface area contributed by atoms with Crippen molar-refractivity contribution in [3.05, 3.63) is 53.1 Å². The van der Waals surface area contributed by atoms with Gasteiger partial charge in [-0.15, -0.1) is 0 Å². The van der Waals surface area contributed by atoms with Crippen molar-refractivity contribution in [3.63, 3.8) is 0 Å². The van der Waals surface area contributed by atoms with Crippen LogP contribution in [0.4, 0.5) is 10.5 Å². The molecule has 0 spiro atoms. The van der Waals surface area contributed by atoms with Gasteiger partial charge in [0.15, 0.2) is 0 Å². The van der Waals surface area contributed by atoms with E-state index < -0.39 is 21.7 Å². The summed E-state index contributed by atoms with van der Waals surface area (Å²) in [6.07, 6.45) is 3.06. The summed E-state index contributed by atoms with van der Waals surface area (Å²) >= 11 is 0. The van der Waals surface area contributed by atoms with E-state index in [-0.39, 0.29) is 0 Å². The van der Waals surface area contributed by atoms with Gasteiger partial charge >= 0.3 is 6.09 Å². The zero-order valence-electron chi connectivity index (χ0n) is 18.3. The van der Waals surface area contributed by atoms with E-state index in [9.17, 15) is 13.2 Å². The van der Waals surface area contributed by atoms with Crippen LogP contribution < -0.4 is 10.6 Å². The smallest absolute Gasteiger partial charge is 0.407 e. The van der Waals surface area contributed by atoms with Crippen LogP contribution in [0.1, 0.15) is 43.4 Å². The van der Waals surface area contributed by atoms with E-state index in [4.69, 9.17) is 4.74 Å². The van der Waals surface area contributed by atoms with E-state index in [2.05, 4.69) is 20.6 Å². The molecule has 2 heterocycles. The first-order valence-electron chi connectivity index (χ1n) is 10.1. The predicted octanol–water partition coefficient (Wildman–Crippen LogP) is 2.43. The number of anilines is 1. The maximum atomic E-state index is 11.7. The Labute approximate surface area is 183 Å². The fourth-order valence-electron chi connectivity index (χ4n) is 3.11. The lowest BCUT2D eigenvalue weighted by Crippen LogP contribution is -2.35. The molecule has 1 aliphatic heterocycles. The number of nitrogens with one attached hydrogen (secondary N) is 2. The molecule has 1 aromatic heterocycles. The first-order chi connectivity index (χ1) is 14.5. The predicted molar refractivity (Wildman–Crippen MR) is 118 cm³/mol. The van der Waals surface area contributed by atoms with Gasteiger partial charge in [0, 0.05) is 43.5 Å². The molecule has 0 radical (unpaired) electrons. The molecule has 2 aromatic rings. The number of benzene rings is 1. The molecule has 31 heavy (non-hydrogen) atoms. The van der Waals surface area contributed by atoms with Crippen LogP contribution in [0.15, 0.2) is 30.5 Å². The standard InChI is InChI=1S/C21H29N5O4S/c1-21(2,3)30-20(27)24-11-15-5-7-17(8-6-15)22-13-19-23-12-16-14-26(31(4,28)29)10-9-18(16)25-19/h5-8,12,22H,9-11,13-14H2,1-4H3,(H,24,27). The first-order valence-corrected chi connectivity index (χ1v) is 11.9. The molecule has 1 amide bonds. The lowest BCUT2D eigenvalue weighted by molar-refractivity contribution is 0.0523. The van der Waals surface area contributed by atoms with Crippen molar-refractivity contribution in [2.45, 2.75) is 52.4 Å². The number of ether oxygens (including phenoxy) is 1. The number of carbonyl (C=O) groups is 1. The molecular weight excluding hydrogens is 418 g/mol. The molecule has 0 saturated heterocycles. The molecule has 0 atom stereocenters. The summed E-state index contributed by atoms with van der Waals surface area (Å²) < 4.78 is 30.1. The van der Waals surface area contributed by atoms with Gasteiger partial charge < -0.3 is 15.4 Å². The second kappa shape index (κ2) is 9.19. The van der Waals surface area contributed by atoms with E-state index in [1.165, 1.54) is 10.6 Å². The normalized spacial score (nSPS) is 14.6. The van der Waals surface area contributed by atoms with E-state index in [0.29, 0.717) is 38.4 Å². The molecular formula is C21H29N5O4S. The number of aromatic nitrogens is 2. The van der Waals surface area contributed by atoms with E-state index >= 15 is 0 Å². The van der Waals surface area contributed by atoms with Gasteiger partial charge in [0.2, 0.25) is 10.0 Å². The lowest BCUT2D eigenvalue weighted by Gasteiger charge is -2.25. The van der Waals surface area contributed by atoms with Crippen LogP contribution >= 0.6 is 0 Å². The monoisotopic (exact) mass is 447 g/mol. The summed E-state index contributed by atoms with van der Waals surface area (Å²) in [5, 5.41) is 6.01. The van der Waals surface area contributed by atoms with Crippen LogP contribution in [0, 0.1) is 0 Å². The Morgan fingerprint density at radius 3 is 2.55 bits per heavy atom. The maximum Gasteiger partial charge on any atom is 0.407 e. The number of sulfonamides is 1. The van der Waals surface area contributed by atoms with Crippen LogP contribution in [-0.2, 0) is 40.8 Å². The Kier molecular flexibility index (Phi) is 6.80. The average molecular weight is 448 g/mol. The van der Waals surface area contributed by atoms with E-state index in [1.54, 1.807) is 6.20 Å². The highest BCUT2D eigenvalue weighted by Crippen LogP contribution is 2.19. The Bertz CT molecular complexity index is 1030. The van der Waals surface area contributed by atoms with Crippen LogP contribution in [-0.4, -0.2) is 47.2 Å². The summed E-state index contributed by atoms with van der Waals surface area (Å²) in [5.74, 6) is 0.655. The fraction of sp³-hybridized carbons (Fsp3) is 0.476. The topological polar surface area (TPSA) is 114 Å². The van der Waals surface area contributed by atoms with Gasteiger partial charge in [-0.05, 0) is 38.5 Å². The molecule has 10 heteroatoms. The zero-order chi connectivity index (χ0) is 22.6. The van der Waals surface area contributed by atoms with Gasteiger partial charge in [-0.2, -0.15) is 4.31 Å². The van der Waals surface area contributed by atoms with Crippen molar-refractivity contribution in [2.24, 2.45) is 0 Å². The highest BCUT2D eigenvalue weighted by Gasteiger charge is 2.24. The molecule has 3 rings (SSSR count). The zero-order valence-corrected chi connectivity index (χ0v) is 19.1. The van der Waals surface area contributed by atoms with Gasteiger partial charge in [0.25, 0.3) is 0 Å². The minimum atomic E-state index is -3.21. The summed E-state index contributed by atoms with van der Waals surface area (Å²) in [7, 11) is -3.21. The molecule has 0 unspecified atom stereocenters. The van der Waals surface area contributed by atoms with Crippen molar-refractivity contribution in [1.29, 1.82) is 0 Å². The summed E-state index contributed by atoms with van der Waals surface area (Å²) in [6.45, 7) is 7.07. The molecule has 0 aliphatic carbocycles. The third-order valence-corrected chi connectivity index (χ3v) is 5.91. The molecule has 0 bridgehead atoms. The van der Waals surface area contributed by atoms with Gasteiger partial charge in [0.1, 0.15) is 11.4 Å². The van der Waals surface area contributed by atoms with Crippen molar-refractivity contribution >= 4 is 21.8 Å². The SMILES string of the molecule is CC(C)(C)OC(=O)NCc1ccc(NCc2ncc3c(n2)CCN(S(C)(=O)=O)C3)cc1. The molecule has 1 aliphatic rings. The lowest BCUT2D eigenvalue weighted by atomic mass is 10.1. The minimum Gasteiger partial charge on any atom is -0.444 e. The summed E-state index contributed by atoms with van der Waals surface area (Å²) in [5.41, 5.74) is 3.09. The number of rotatable bonds is 6. The number of nitrogens with zero attached hydrogens (tertiary/aromatic N) is 3. The molecule has 2 N–H and O–H groups in total. The maximum absolute atomic E-state index is 11.7. The van der Waals surface area contributed by atoms with Crippen molar-refractivity contribution < 1.29 is 17.9 Å². The Morgan fingerprint density at radius 1 is 1.19 bits per heavy atom. The average Bonchev–Trinajstić information content (AvgIpc) is 2.69. The van der Waals surface area contributed by atoms with Crippen molar-refractivity contribution in [2.75, 3.05) is 18.1 Å². The second-order valence-corrected chi connectivity index (χ2v) is 10.5. The Hall–Kier alpha value is -2.72. The van der Waals surface area contributed by atoms with Gasteiger partial charge in [-0.1, -0.05) is 12.1 Å². The van der Waals surface area contributed by atoms with Crippen molar-refractivity contribution in [1.82, 2.24) is 19.6 Å². The number of amides is 1. The number of hydrogen-bond donors (Lipinski definition) is 2. The van der Waals surface area contributed by atoms with E-state index in [1.807, 2.05) is 45.0 Å². The third-order valence-electron chi connectivity index (χ3n) is 4.66. The Balaban J connectivity index is 1.51. The van der Waals surface area contributed by atoms with Crippen LogP contribution in [0.5, 0.6) is 0 Å². The number of carbonyl (C=O) groups excluding carboxylic acids is 1. The van der Waals surface area contributed by atoms with Gasteiger partial charge in [-0.25, -0.2) is 23.2 Å². The molecule has 0 fully saturated rings. The summed E-state index contributed by atoms with van der Waals surface area (Å²) in [6, 6.07) is 7.70. The highest BCUT2D eigenvalue weighted by atomic mass is 32.2. The van der Waals surface area contributed by atoms with Gasteiger partial charge in [-0.3, -0.25) is 0 Å². The minimum absolute atomic E-state index is 0.320. The van der Waals surface area contributed by atoms with Crippen LogP contribution in [0.2, 0.25) is 0 Å². The number of fused-ring (bicyclic) bond motifs is 1. The molecule has 168 valence electrons. The second-order valence-electron chi connectivity index (χ2n) is 8.51.